The third-order valence-electron chi connectivity index (χ3n) is 6.43. The summed E-state index contributed by atoms with van der Waals surface area (Å²) >= 11 is 1.44. The standard InChI is InChI=1S/C29H42N8O4S/c1-28(2,3)37-24(18-22(35-37)20-11-12-21(17-20)40-27(39)36-16-15-30-19-36)33-23-9-7-10-25(34-23)42-32-14-8-13-31-26(38)41-29(4,5)6/h7,9-10,15-16,18-21,32H,8,11-14,17H2,1-6H3,(H,31,38)(H,33,34)/t20-,21+/m0/s1. The lowest BCUT2D eigenvalue weighted by Gasteiger charge is -2.22. The Bertz CT molecular complexity index is 1330. The van der Waals surface area contributed by atoms with E-state index in [0.29, 0.717) is 18.9 Å². The van der Waals surface area contributed by atoms with Gasteiger partial charge >= 0.3 is 12.2 Å². The van der Waals surface area contributed by atoms with E-state index in [-0.39, 0.29) is 17.6 Å². The zero-order valence-electron chi connectivity index (χ0n) is 25.2. The molecule has 1 amide bonds. The van der Waals surface area contributed by atoms with Gasteiger partial charge in [-0.15, -0.1) is 0 Å². The SMILES string of the molecule is CC(C)(C)OC(=O)NCCCNSc1cccc(Nc2cc([C@H]3CC[C@@H](OC(=O)n4ccnc4)C3)nn2C(C)(C)C)n1. The van der Waals surface area contributed by atoms with Crippen LogP contribution in [-0.2, 0) is 15.0 Å². The van der Waals surface area contributed by atoms with E-state index in [1.165, 1.54) is 22.8 Å². The number of carbonyl (C=O) groups excluding carboxylic acids is 2. The van der Waals surface area contributed by atoms with Crippen molar-refractivity contribution in [3.05, 3.63) is 48.7 Å². The summed E-state index contributed by atoms with van der Waals surface area (Å²) in [5.74, 6) is 1.76. The molecule has 1 aliphatic carbocycles. The van der Waals surface area contributed by atoms with E-state index in [1.807, 2.05) is 43.7 Å². The summed E-state index contributed by atoms with van der Waals surface area (Å²) in [5.41, 5.74) is 0.209. The van der Waals surface area contributed by atoms with Crippen LogP contribution in [0.3, 0.4) is 0 Å². The van der Waals surface area contributed by atoms with Crippen LogP contribution in [0.4, 0.5) is 21.2 Å². The van der Waals surface area contributed by atoms with Crippen LogP contribution in [-0.4, -0.2) is 61.3 Å². The Morgan fingerprint density at radius 1 is 1.12 bits per heavy atom. The third kappa shape index (κ3) is 9.21. The number of nitrogens with zero attached hydrogens (tertiary/aromatic N) is 5. The molecule has 13 heteroatoms. The third-order valence-corrected chi connectivity index (χ3v) is 7.21. The normalized spacial score (nSPS) is 17.2. The van der Waals surface area contributed by atoms with Crippen molar-refractivity contribution in [2.24, 2.45) is 0 Å². The van der Waals surface area contributed by atoms with E-state index in [2.05, 4.69) is 47.2 Å². The summed E-state index contributed by atoms with van der Waals surface area (Å²) in [6, 6.07) is 7.90. The molecule has 0 bridgehead atoms. The molecule has 0 radical (unpaired) electrons. The maximum absolute atomic E-state index is 12.3. The van der Waals surface area contributed by atoms with Gasteiger partial charge in [-0.1, -0.05) is 6.07 Å². The average molecular weight is 599 g/mol. The second kappa shape index (κ2) is 13.6. The van der Waals surface area contributed by atoms with Gasteiger partial charge in [-0.25, -0.2) is 28.8 Å². The number of hydrogen-bond acceptors (Lipinski definition) is 10. The Hall–Kier alpha value is -3.58. The van der Waals surface area contributed by atoms with Crippen LogP contribution in [0.15, 0.2) is 48.0 Å². The molecule has 0 unspecified atom stereocenters. The number of amides is 1. The fourth-order valence-corrected chi connectivity index (χ4v) is 5.23. The maximum atomic E-state index is 12.3. The minimum Gasteiger partial charge on any atom is -0.446 e. The number of pyridine rings is 1. The van der Waals surface area contributed by atoms with Crippen LogP contribution in [0.5, 0.6) is 0 Å². The van der Waals surface area contributed by atoms with Crippen LogP contribution in [0, 0.1) is 0 Å². The van der Waals surface area contributed by atoms with Gasteiger partial charge in [0.1, 0.15) is 34.7 Å². The molecule has 1 saturated carbocycles. The number of hydrogen-bond donors (Lipinski definition) is 3. The first-order valence-electron chi connectivity index (χ1n) is 14.3. The molecular weight excluding hydrogens is 556 g/mol. The van der Waals surface area contributed by atoms with Gasteiger partial charge < -0.3 is 20.1 Å². The first kappa shape index (κ1) is 31.4. The van der Waals surface area contributed by atoms with Gasteiger partial charge in [0.05, 0.1) is 11.2 Å². The van der Waals surface area contributed by atoms with Crippen molar-refractivity contribution in [3.63, 3.8) is 0 Å². The van der Waals surface area contributed by atoms with Crippen LogP contribution in [0.25, 0.3) is 0 Å². The number of imidazole rings is 1. The number of aromatic nitrogens is 5. The van der Waals surface area contributed by atoms with Crippen LogP contribution < -0.4 is 15.4 Å². The molecule has 3 aromatic heterocycles. The summed E-state index contributed by atoms with van der Waals surface area (Å²) in [4.78, 5) is 32.8. The number of anilines is 2. The molecule has 228 valence electrons. The highest BCUT2D eigenvalue weighted by Crippen LogP contribution is 2.38. The molecule has 0 spiro atoms. The molecule has 3 heterocycles. The second-order valence-electron chi connectivity index (χ2n) is 12.3. The molecule has 0 saturated heterocycles. The van der Waals surface area contributed by atoms with E-state index >= 15 is 0 Å². The molecule has 3 N–H and O–H groups in total. The Balaban J connectivity index is 1.31. The van der Waals surface area contributed by atoms with Crippen molar-refractivity contribution in [2.75, 3.05) is 18.4 Å². The zero-order valence-corrected chi connectivity index (χ0v) is 26.0. The molecule has 4 rings (SSSR count). The number of carbonyl (C=O) groups is 2. The van der Waals surface area contributed by atoms with E-state index in [0.717, 1.165) is 42.2 Å². The molecule has 12 nitrogen and oxygen atoms in total. The molecule has 2 atom stereocenters. The fraction of sp³-hybridized carbons (Fsp3) is 0.552. The quantitative estimate of drug-likeness (QED) is 0.194. The topological polar surface area (TPSA) is 137 Å². The van der Waals surface area contributed by atoms with Gasteiger partial charge in [-0.2, -0.15) is 5.10 Å². The van der Waals surface area contributed by atoms with Gasteiger partial charge in [0.25, 0.3) is 0 Å². The molecule has 0 aromatic carbocycles. The Morgan fingerprint density at radius 2 is 1.93 bits per heavy atom. The first-order valence-corrected chi connectivity index (χ1v) is 15.1. The molecule has 1 aliphatic rings. The highest BCUT2D eigenvalue weighted by atomic mass is 32.2. The van der Waals surface area contributed by atoms with Crippen molar-refractivity contribution < 1.29 is 19.1 Å². The lowest BCUT2D eigenvalue weighted by atomic mass is 10.0. The van der Waals surface area contributed by atoms with Crippen molar-refractivity contribution in [2.45, 2.75) is 95.4 Å². The number of alkyl carbamates (subject to hydrolysis) is 1. The smallest absolute Gasteiger partial charge is 0.419 e. The van der Waals surface area contributed by atoms with Crippen LogP contribution in [0.1, 0.15) is 78.8 Å². The predicted molar refractivity (Wildman–Crippen MR) is 162 cm³/mol. The number of nitrogens with one attached hydrogen (secondary N) is 3. The lowest BCUT2D eigenvalue weighted by molar-refractivity contribution is 0.0527. The van der Waals surface area contributed by atoms with Gasteiger partial charge in [0, 0.05) is 37.5 Å². The number of ether oxygens (including phenoxy) is 2. The summed E-state index contributed by atoms with van der Waals surface area (Å²) in [6.07, 6.45) is 6.79. The predicted octanol–water partition coefficient (Wildman–Crippen LogP) is 5.81. The molecule has 1 fully saturated rings. The summed E-state index contributed by atoms with van der Waals surface area (Å²) in [6.45, 7) is 13.1. The van der Waals surface area contributed by atoms with Crippen molar-refractivity contribution in [1.29, 1.82) is 0 Å². The average Bonchev–Trinajstić information content (AvgIpc) is 3.66. The highest BCUT2D eigenvalue weighted by Gasteiger charge is 2.32. The monoisotopic (exact) mass is 598 g/mol. The Labute approximate surface area is 251 Å². The minimum absolute atomic E-state index is 0.155. The number of rotatable bonds is 10. The van der Waals surface area contributed by atoms with E-state index in [9.17, 15) is 9.59 Å². The van der Waals surface area contributed by atoms with E-state index in [4.69, 9.17) is 19.6 Å². The lowest BCUT2D eigenvalue weighted by Crippen LogP contribution is -2.33. The van der Waals surface area contributed by atoms with E-state index < -0.39 is 17.8 Å². The van der Waals surface area contributed by atoms with Gasteiger partial charge in [0.2, 0.25) is 0 Å². The van der Waals surface area contributed by atoms with Crippen molar-refractivity contribution in [3.8, 4) is 0 Å². The molecule has 42 heavy (non-hydrogen) atoms. The molecule has 3 aromatic rings. The first-order chi connectivity index (χ1) is 19.9. The molecular formula is C29H42N8O4S. The largest absolute Gasteiger partial charge is 0.446 e. The van der Waals surface area contributed by atoms with Gasteiger partial charge in [0.15, 0.2) is 0 Å². The summed E-state index contributed by atoms with van der Waals surface area (Å²) in [5, 5.41) is 12.0. The van der Waals surface area contributed by atoms with Gasteiger partial charge in [-0.05, 0) is 91.3 Å². The zero-order chi connectivity index (χ0) is 30.3. The van der Waals surface area contributed by atoms with Crippen molar-refractivity contribution >= 4 is 35.8 Å². The summed E-state index contributed by atoms with van der Waals surface area (Å²) in [7, 11) is 0. The molecule has 0 aliphatic heterocycles. The van der Waals surface area contributed by atoms with Crippen LogP contribution >= 0.6 is 11.9 Å². The Morgan fingerprint density at radius 3 is 2.64 bits per heavy atom. The van der Waals surface area contributed by atoms with Crippen LogP contribution in [0.2, 0.25) is 0 Å². The Kier molecular flexibility index (Phi) is 10.2. The highest BCUT2D eigenvalue weighted by molar-refractivity contribution is 7.97. The summed E-state index contributed by atoms with van der Waals surface area (Å²) < 4.78 is 17.6. The second-order valence-corrected chi connectivity index (χ2v) is 13.2. The van der Waals surface area contributed by atoms with E-state index in [1.54, 1.807) is 12.4 Å². The fourth-order valence-electron chi connectivity index (χ4n) is 4.55. The maximum Gasteiger partial charge on any atom is 0.419 e. The van der Waals surface area contributed by atoms with Gasteiger partial charge in [-0.3, -0.25) is 4.72 Å². The minimum atomic E-state index is -0.507. The van der Waals surface area contributed by atoms with Crippen molar-refractivity contribution in [1.82, 2.24) is 34.4 Å².